The van der Waals surface area contributed by atoms with E-state index in [1.54, 1.807) is 12.1 Å². The van der Waals surface area contributed by atoms with Gasteiger partial charge in [-0.3, -0.25) is 0 Å². The van der Waals surface area contributed by atoms with Crippen LogP contribution >= 0.6 is 0 Å². The van der Waals surface area contributed by atoms with Crippen LogP contribution < -0.4 is 4.46 Å². The Morgan fingerprint density at radius 2 is 1.44 bits per heavy atom. The van der Waals surface area contributed by atoms with E-state index in [1.807, 2.05) is 37.3 Å². The number of rotatable bonds is 10. The van der Waals surface area contributed by atoms with Crippen LogP contribution in [0.15, 0.2) is 68.9 Å². The summed E-state index contributed by atoms with van der Waals surface area (Å²) in [5.74, 6) is 0. The Bertz CT molecular complexity index is 838. The second-order valence-electron chi connectivity index (χ2n) is 6.79. The Labute approximate surface area is 171 Å². The average Bonchev–Trinajstić information content (AvgIpc) is 2.67. The third-order valence-corrected chi connectivity index (χ3v) is 9.28. The van der Waals surface area contributed by atoms with Gasteiger partial charge in [-0.2, -0.15) is 0 Å². The van der Waals surface area contributed by atoms with Gasteiger partial charge in [-0.25, -0.2) is 0 Å². The second-order valence-corrected chi connectivity index (χ2v) is 11.2. The molecule has 0 aliphatic rings. The van der Waals surface area contributed by atoms with E-state index < -0.39 is 9.84 Å². The molecule has 0 amide bonds. The van der Waals surface area contributed by atoms with Crippen molar-refractivity contribution in [3.05, 3.63) is 69.5 Å². The molecule has 27 heavy (non-hydrogen) atoms. The van der Waals surface area contributed by atoms with Gasteiger partial charge in [0.15, 0.2) is 0 Å². The number of hydrogen-bond donors (Lipinski definition) is 0. The summed E-state index contributed by atoms with van der Waals surface area (Å²) in [5, 5.41) is 0. The molecule has 0 aromatic heterocycles. The number of allylic oxidation sites excluding steroid dienone is 2. The quantitative estimate of drug-likeness (QED) is 0.456. The fourth-order valence-corrected chi connectivity index (χ4v) is 7.52. The van der Waals surface area contributed by atoms with Gasteiger partial charge in [-0.05, 0) is 0 Å². The van der Waals surface area contributed by atoms with Crippen molar-refractivity contribution in [3.63, 3.8) is 0 Å². The van der Waals surface area contributed by atoms with E-state index in [9.17, 15) is 8.42 Å². The number of sulfone groups is 1. The first-order valence-electron chi connectivity index (χ1n) is 9.75. The van der Waals surface area contributed by atoms with Gasteiger partial charge in [-0.1, -0.05) is 0 Å². The Hall–Kier alpha value is -1.35. The maximum absolute atomic E-state index is 13.5. The van der Waals surface area contributed by atoms with E-state index in [2.05, 4.69) is 26.0 Å². The first-order chi connectivity index (χ1) is 13.0. The summed E-state index contributed by atoms with van der Waals surface area (Å²) in [6.45, 7) is 6.26. The van der Waals surface area contributed by atoms with Gasteiger partial charge >= 0.3 is 171 Å². The van der Waals surface area contributed by atoms with E-state index in [-0.39, 0.29) is 15.0 Å². The molecule has 2 rings (SSSR count). The monoisotopic (exact) mass is 450 g/mol. The first-order valence-corrected chi connectivity index (χ1v) is 12.9. The average molecular weight is 450 g/mol. The van der Waals surface area contributed by atoms with E-state index in [0.29, 0.717) is 16.2 Å². The third-order valence-electron chi connectivity index (χ3n) is 4.47. The topological polar surface area (TPSA) is 34.1 Å². The minimum absolute atomic E-state index is 0.0390. The molecule has 0 saturated carbocycles. The summed E-state index contributed by atoms with van der Waals surface area (Å²) >= 11 is 0.0390. The molecule has 0 heterocycles. The second kappa shape index (κ2) is 10.8. The van der Waals surface area contributed by atoms with Crippen LogP contribution in [0.4, 0.5) is 0 Å². The molecular weight excluding hydrogens is 419 g/mol. The summed E-state index contributed by atoms with van der Waals surface area (Å²) in [6.07, 6.45) is 5.51. The van der Waals surface area contributed by atoms with Crippen LogP contribution in [-0.2, 0) is 9.84 Å². The Morgan fingerprint density at radius 3 is 2.04 bits per heavy atom. The zero-order chi connectivity index (χ0) is 19.7. The van der Waals surface area contributed by atoms with Crippen molar-refractivity contribution in [1.82, 2.24) is 0 Å². The summed E-state index contributed by atoms with van der Waals surface area (Å²) in [4.78, 5) is 1.10. The zero-order valence-electron chi connectivity index (χ0n) is 16.6. The van der Waals surface area contributed by atoms with Gasteiger partial charge in [0.1, 0.15) is 0 Å². The van der Waals surface area contributed by atoms with Crippen LogP contribution in [0.5, 0.6) is 0 Å². The number of unbranched alkanes of at least 4 members (excludes halogenated alkanes) is 2. The van der Waals surface area contributed by atoms with Crippen molar-refractivity contribution >= 4 is 29.3 Å². The first kappa shape index (κ1) is 21.9. The fraction of sp³-hybridized carbons (Fsp3) is 0.391. The van der Waals surface area contributed by atoms with Crippen LogP contribution in [0.2, 0.25) is 0 Å². The van der Waals surface area contributed by atoms with Crippen LogP contribution in [0.3, 0.4) is 0 Å². The van der Waals surface area contributed by atoms with Gasteiger partial charge in [-0.15, -0.1) is 0 Å². The standard InChI is InChI=1S/C23H30O2SSe/c1-4-6-13-22(26(24,25)20-17-15-19(3)16-18-20)23(14-7-5-2)27-21-11-9-8-10-12-21/h8-12,15-18H,4-7,13-14H2,1-3H3/b23-22+. The maximum atomic E-state index is 13.5. The molecule has 0 saturated heterocycles. The number of hydrogen-bond acceptors (Lipinski definition) is 2. The van der Waals surface area contributed by atoms with E-state index in [1.165, 1.54) is 4.46 Å². The van der Waals surface area contributed by atoms with Gasteiger partial charge in [0.2, 0.25) is 0 Å². The molecule has 0 atom stereocenters. The molecule has 0 radical (unpaired) electrons. The molecule has 0 aliphatic carbocycles. The van der Waals surface area contributed by atoms with Crippen molar-refractivity contribution in [2.24, 2.45) is 0 Å². The Morgan fingerprint density at radius 1 is 0.852 bits per heavy atom. The molecule has 0 aliphatic heterocycles. The van der Waals surface area contributed by atoms with Crippen molar-refractivity contribution in [2.45, 2.75) is 64.2 Å². The van der Waals surface area contributed by atoms with Gasteiger partial charge < -0.3 is 0 Å². The molecule has 0 fully saturated rings. The van der Waals surface area contributed by atoms with Crippen LogP contribution in [-0.4, -0.2) is 23.4 Å². The molecule has 0 bridgehead atoms. The number of aryl methyl sites for hydroxylation is 1. The molecule has 0 N–H and O–H groups in total. The Balaban J connectivity index is 2.52. The van der Waals surface area contributed by atoms with Crippen LogP contribution in [0.1, 0.15) is 57.9 Å². The molecule has 0 unspecified atom stereocenters. The predicted molar refractivity (Wildman–Crippen MR) is 116 cm³/mol. The molecule has 4 heteroatoms. The molecular formula is C23H30O2SSe. The zero-order valence-corrected chi connectivity index (χ0v) is 19.1. The predicted octanol–water partition coefficient (Wildman–Crippen LogP) is 5.39. The summed E-state index contributed by atoms with van der Waals surface area (Å²) in [7, 11) is -3.44. The van der Waals surface area contributed by atoms with Gasteiger partial charge in [0.25, 0.3) is 0 Å². The van der Waals surface area contributed by atoms with Crippen molar-refractivity contribution < 1.29 is 8.42 Å². The Kier molecular flexibility index (Phi) is 8.82. The van der Waals surface area contributed by atoms with E-state index in [4.69, 9.17) is 0 Å². The van der Waals surface area contributed by atoms with Crippen molar-refractivity contribution in [2.75, 3.05) is 0 Å². The van der Waals surface area contributed by atoms with Crippen molar-refractivity contribution in [3.8, 4) is 0 Å². The molecule has 0 spiro atoms. The van der Waals surface area contributed by atoms with E-state index in [0.717, 1.165) is 42.1 Å². The molecule has 146 valence electrons. The van der Waals surface area contributed by atoms with Gasteiger partial charge in [0.05, 0.1) is 0 Å². The van der Waals surface area contributed by atoms with Gasteiger partial charge in [0, 0.05) is 0 Å². The minimum atomic E-state index is -3.44. The summed E-state index contributed by atoms with van der Waals surface area (Å²) in [5.41, 5.74) is 1.08. The van der Waals surface area contributed by atoms with Crippen LogP contribution in [0, 0.1) is 6.92 Å². The summed E-state index contributed by atoms with van der Waals surface area (Å²) in [6, 6.07) is 17.6. The van der Waals surface area contributed by atoms with Crippen LogP contribution in [0.25, 0.3) is 0 Å². The fourth-order valence-electron chi connectivity index (χ4n) is 2.84. The molecule has 2 nitrogen and oxygen atoms in total. The summed E-state index contributed by atoms with van der Waals surface area (Å²) < 4.78 is 29.4. The SMILES string of the molecule is CCCC/C([Se]c1ccccc1)=C(/CCCC)S(=O)(=O)c1ccc(C)cc1. The van der Waals surface area contributed by atoms with E-state index >= 15 is 0 Å². The molecule has 2 aromatic rings. The number of benzene rings is 2. The third kappa shape index (κ3) is 6.34. The molecule has 2 aromatic carbocycles. The van der Waals surface area contributed by atoms with Crippen molar-refractivity contribution in [1.29, 1.82) is 0 Å². The normalized spacial score (nSPS) is 12.7.